The van der Waals surface area contributed by atoms with E-state index in [1.807, 2.05) is 43.3 Å². The van der Waals surface area contributed by atoms with Crippen molar-refractivity contribution in [2.24, 2.45) is 4.99 Å². The van der Waals surface area contributed by atoms with Gasteiger partial charge in [0.05, 0.1) is 10.6 Å². The molecule has 4 nitrogen and oxygen atoms in total. The van der Waals surface area contributed by atoms with E-state index >= 15 is 0 Å². The first-order valence-electron chi connectivity index (χ1n) is 6.91. The van der Waals surface area contributed by atoms with Crippen molar-refractivity contribution < 1.29 is 4.92 Å². The highest BCUT2D eigenvalue weighted by atomic mass is 16.6. The minimum Gasteiger partial charge on any atom is -0.258 e. The summed E-state index contributed by atoms with van der Waals surface area (Å²) < 4.78 is 0. The van der Waals surface area contributed by atoms with Crippen LogP contribution in [-0.4, -0.2) is 11.1 Å². The third-order valence-electron chi connectivity index (χ3n) is 3.53. The average Bonchev–Trinajstić information content (AvgIpc) is 2.53. The second-order valence-corrected chi connectivity index (χ2v) is 5.09. The monoisotopic (exact) mass is 290 g/mol. The highest BCUT2D eigenvalue weighted by molar-refractivity contribution is 5.91. The molecule has 0 aromatic heterocycles. The first-order valence-corrected chi connectivity index (χ1v) is 6.91. The lowest BCUT2D eigenvalue weighted by atomic mass is 10.1. The zero-order valence-corrected chi connectivity index (χ0v) is 12.1. The molecule has 3 aromatic carbocycles. The summed E-state index contributed by atoms with van der Waals surface area (Å²) >= 11 is 0. The number of hydrogen-bond acceptors (Lipinski definition) is 3. The molecule has 0 N–H and O–H groups in total. The molecule has 0 fully saturated rings. The predicted octanol–water partition coefficient (Wildman–Crippen LogP) is 4.81. The highest BCUT2D eigenvalue weighted by Gasteiger charge is 2.07. The molecule has 0 unspecified atom stereocenters. The normalized spacial score (nSPS) is 11.1. The molecular weight excluding hydrogens is 276 g/mol. The van der Waals surface area contributed by atoms with Crippen molar-refractivity contribution in [3.05, 3.63) is 81.9 Å². The second-order valence-electron chi connectivity index (χ2n) is 5.09. The lowest BCUT2D eigenvalue weighted by Gasteiger charge is -2.01. The number of rotatable bonds is 3. The molecule has 0 heterocycles. The minimum atomic E-state index is -0.408. The van der Waals surface area contributed by atoms with E-state index in [0.29, 0.717) is 5.69 Å². The summed E-state index contributed by atoms with van der Waals surface area (Å²) in [5.74, 6) is 0. The van der Waals surface area contributed by atoms with E-state index < -0.39 is 4.92 Å². The van der Waals surface area contributed by atoms with Crippen LogP contribution in [0.25, 0.3) is 10.8 Å². The molecule has 0 bridgehead atoms. The van der Waals surface area contributed by atoms with Crippen LogP contribution in [0.5, 0.6) is 0 Å². The largest absolute Gasteiger partial charge is 0.271 e. The van der Waals surface area contributed by atoms with E-state index in [1.165, 1.54) is 17.5 Å². The summed E-state index contributed by atoms with van der Waals surface area (Å²) in [4.78, 5) is 14.8. The second kappa shape index (κ2) is 5.77. The summed E-state index contributed by atoms with van der Waals surface area (Å²) in [6, 6.07) is 18.9. The number of nitro benzene ring substituents is 1. The van der Waals surface area contributed by atoms with Crippen LogP contribution >= 0.6 is 0 Å². The average molecular weight is 290 g/mol. The fraction of sp³-hybridized carbons (Fsp3) is 0.0556. The van der Waals surface area contributed by atoms with E-state index in [2.05, 4.69) is 11.1 Å². The van der Waals surface area contributed by atoms with E-state index in [4.69, 9.17) is 0 Å². The molecule has 0 saturated heterocycles. The Morgan fingerprint density at radius 2 is 1.77 bits per heavy atom. The van der Waals surface area contributed by atoms with Gasteiger partial charge in [0.25, 0.3) is 5.69 Å². The first-order chi connectivity index (χ1) is 10.6. The SMILES string of the molecule is Cc1ccc([N+](=O)[O-])cc1N=Cc1ccc2ccccc2c1. The number of aliphatic imine (C=N–C) groups is 1. The van der Waals surface area contributed by atoms with E-state index in [0.717, 1.165) is 16.5 Å². The van der Waals surface area contributed by atoms with Gasteiger partial charge >= 0.3 is 0 Å². The standard InChI is InChI=1S/C18H14N2O2/c1-13-6-9-17(20(21)22)11-18(13)19-12-14-7-8-15-4-2-3-5-16(15)10-14/h2-12H,1H3. The summed E-state index contributed by atoms with van der Waals surface area (Å²) in [6.45, 7) is 1.89. The lowest BCUT2D eigenvalue weighted by Crippen LogP contribution is -1.88. The maximum absolute atomic E-state index is 10.8. The molecule has 0 atom stereocenters. The molecule has 0 aliphatic carbocycles. The van der Waals surface area contributed by atoms with Gasteiger partial charge in [0.1, 0.15) is 0 Å². The molecule has 108 valence electrons. The van der Waals surface area contributed by atoms with Crippen molar-refractivity contribution >= 4 is 28.4 Å². The van der Waals surface area contributed by atoms with Crippen molar-refractivity contribution in [3.8, 4) is 0 Å². The molecule has 22 heavy (non-hydrogen) atoms. The topological polar surface area (TPSA) is 55.5 Å². The van der Waals surface area contributed by atoms with Gasteiger partial charge < -0.3 is 0 Å². The Kier molecular flexibility index (Phi) is 3.66. The van der Waals surface area contributed by atoms with Crippen LogP contribution < -0.4 is 0 Å². The molecule has 0 spiro atoms. The number of nitro groups is 1. The number of aryl methyl sites for hydroxylation is 1. The number of nitrogens with zero attached hydrogens (tertiary/aromatic N) is 2. The molecule has 0 aliphatic rings. The van der Waals surface area contributed by atoms with Gasteiger partial charge in [-0.15, -0.1) is 0 Å². The Labute approximate surface area is 127 Å². The van der Waals surface area contributed by atoms with Gasteiger partial charge in [0.15, 0.2) is 0 Å². The van der Waals surface area contributed by atoms with Crippen LogP contribution in [0.15, 0.2) is 65.7 Å². The van der Waals surface area contributed by atoms with E-state index in [9.17, 15) is 10.1 Å². The third-order valence-corrected chi connectivity index (χ3v) is 3.53. The third kappa shape index (κ3) is 2.86. The number of hydrogen-bond donors (Lipinski definition) is 0. The van der Waals surface area contributed by atoms with Gasteiger partial charge in [-0.25, -0.2) is 0 Å². The van der Waals surface area contributed by atoms with Gasteiger partial charge in [0.2, 0.25) is 0 Å². The van der Waals surface area contributed by atoms with Gasteiger partial charge in [-0.05, 0) is 34.9 Å². The van der Waals surface area contributed by atoms with Crippen LogP contribution in [0.3, 0.4) is 0 Å². The zero-order valence-electron chi connectivity index (χ0n) is 12.1. The van der Waals surface area contributed by atoms with Crippen molar-refractivity contribution in [3.63, 3.8) is 0 Å². The van der Waals surface area contributed by atoms with Crippen LogP contribution in [0.1, 0.15) is 11.1 Å². The van der Waals surface area contributed by atoms with Crippen molar-refractivity contribution in [2.75, 3.05) is 0 Å². The maximum atomic E-state index is 10.8. The smallest absolute Gasteiger partial charge is 0.258 e. The van der Waals surface area contributed by atoms with Crippen molar-refractivity contribution in [1.29, 1.82) is 0 Å². The number of benzene rings is 3. The first kappa shape index (κ1) is 13.9. The maximum Gasteiger partial charge on any atom is 0.271 e. The Morgan fingerprint density at radius 3 is 2.55 bits per heavy atom. The lowest BCUT2D eigenvalue weighted by molar-refractivity contribution is -0.384. The van der Waals surface area contributed by atoms with Gasteiger partial charge in [-0.3, -0.25) is 15.1 Å². The summed E-state index contributed by atoms with van der Waals surface area (Å²) in [5, 5.41) is 13.2. The molecule has 4 heteroatoms. The molecular formula is C18H14N2O2. The van der Waals surface area contributed by atoms with Crippen LogP contribution in [0, 0.1) is 17.0 Å². The molecule has 0 saturated carbocycles. The molecule has 0 aliphatic heterocycles. The highest BCUT2D eigenvalue weighted by Crippen LogP contribution is 2.24. The Balaban J connectivity index is 1.95. The Bertz CT molecular complexity index is 885. The van der Waals surface area contributed by atoms with E-state index in [-0.39, 0.29) is 5.69 Å². The fourth-order valence-corrected chi connectivity index (χ4v) is 2.28. The fourth-order valence-electron chi connectivity index (χ4n) is 2.28. The van der Waals surface area contributed by atoms with Crippen LogP contribution in [-0.2, 0) is 0 Å². The van der Waals surface area contributed by atoms with Crippen LogP contribution in [0.2, 0.25) is 0 Å². The zero-order chi connectivity index (χ0) is 15.5. The Hall–Kier alpha value is -3.01. The van der Waals surface area contributed by atoms with Gasteiger partial charge in [-0.1, -0.05) is 42.5 Å². The van der Waals surface area contributed by atoms with Crippen molar-refractivity contribution in [2.45, 2.75) is 6.92 Å². The minimum absolute atomic E-state index is 0.0521. The van der Waals surface area contributed by atoms with E-state index in [1.54, 1.807) is 12.3 Å². The molecule has 3 rings (SSSR count). The summed E-state index contributed by atoms with van der Waals surface area (Å²) in [6.07, 6.45) is 1.73. The molecule has 0 amide bonds. The summed E-state index contributed by atoms with van der Waals surface area (Å²) in [7, 11) is 0. The van der Waals surface area contributed by atoms with Crippen LogP contribution in [0.4, 0.5) is 11.4 Å². The Morgan fingerprint density at radius 1 is 1.00 bits per heavy atom. The molecule has 3 aromatic rings. The quantitative estimate of drug-likeness (QED) is 0.395. The van der Waals surface area contributed by atoms with Gasteiger partial charge in [-0.2, -0.15) is 0 Å². The van der Waals surface area contributed by atoms with Crippen molar-refractivity contribution in [1.82, 2.24) is 0 Å². The summed E-state index contributed by atoms with van der Waals surface area (Å²) in [5.41, 5.74) is 2.53. The number of non-ortho nitro benzene ring substituents is 1. The molecule has 0 radical (unpaired) electrons. The van der Waals surface area contributed by atoms with Gasteiger partial charge in [0, 0.05) is 18.3 Å². The predicted molar refractivity (Wildman–Crippen MR) is 89.0 cm³/mol. The number of fused-ring (bicyclic) bond motifs is 1.